The Morgan fingerprint density at radius 2 is 1.57 bits per heavy atom. The molecule has 0 saturated carbocycles. The van der Waals surface area contributed by atoms with E-state index >= 15 is 0 Å². The SMILES string of the molecule is C#Cc1ccccc1C(C(=O)Nc1ccccc1C)N(C(=O)C(Cc1ccc(O)cc1)NC(=O)OC(C)(C)C)C(C)CCC(C)C. The van der Waals surface area contributed by atoms with Crippen LogP contribution in [0.3, 0.4) is 0 Å². The van der Waals surface area contributed by atoms with Crippen molar-refractivity contribution in [2.24, 2.45) is 5.92 Å². The highest BCUT2D eigenvalue weighted by Crippen LogP contribution is 2.31. The molecule has 3 atom stereocenters. The van der Waals surface area contributed by atoms with Crippen LogP contribution in [0.25, 0.3) is 0 Å². The number of ether oxygens (including phenoxy) is 1. The van der Waals surface area contributed by atoms with Gasteiger partial charge in [-0.3, -0.25) is 9.59 Å². The third-order valence-corrected chi connectivity index (χ3v) is 7.60. The Morgan fingerprint density at radius 3 is 2.17 bits per heavy atom. The molecule has 3 N–H and O–H groups in total. The predicted molar refractivity (Wildman–Crippen MR) is 182 cm³/mol. The Bertz CT molecular complexity index is 1530. The van der Waals surface area contributed by atoms with Crippen molar-refractivity contribution in [3.05, 3.63) is 95.1 Å². The number of phenols is 1. The van der Waals surface area contributed by atoms with Crippen LogP contribution in [0.1, 0.15) is 82.7 Å². The first-order valence-electron chi connectivity index (χ1n) is 15.7. The molecule has 0 heterocycles. The minimum atomic E-state index is -1.12. The van der Waals surface area contributed by atoms with E-state index in [2.05, 4.69) is 30.4 Å². The number of terminal acetylenes is 1. The summed E-state index contributed by atoms with van der Waals surface area (Å²) in [6.45, 7) is 13.2. The van der Waals surface area contributed by atoms with Crippen molar-refractivity contribution in [3.8, 4) is 18.1 Å². The van der Waals surface area contributed by atoms with Crippen molar-refractivity contribution >= 4 is 23.6 Å². The first kappa shape index (κ1) is 35.7. The number of carbonyl (C=O) groups is 3. The number of para-hydroxylation sites is 1. The van der Waals surface area contributed by atoms with Gasteiger partial charge in [0, 0.05) is 23.7 Å². The second kappa shape index (κ2) is 16.0. The maximum absolute atomic E-state index is 14.9. The van der Waals surface area contributed by atoms with E-state index < -0.39 is 41.6 Å². The summed E-state index contributed by atoms with van der Waals surface area (Å²) in [6, 6.07) is 18.3. The fourth-order valence-electron chi connectivity index (χ4n) is 5.21. The fraction of sp³-hybridized carbons (Fsp3) is 0.395. The van der Waals surface area contributed by atoms with Crippen LogP contribution >= 0.6 is 0 Å². The number of amides is 3. The molecular formula is C38H47N3O5. The summed E-state index contributed by atoms with van der Waals surface area (Å²) >= 11 is 0. The maximum atomic E-state index is 14.9. The summed E-state index contributed by atoms with van der Waals surface area (Å²) in [4.78, 5) is 44.0. The maximum Gasteiger partial charge on any atom is 0.408 e. The number of anilines is 1. The minimum absolute atomic E-state index is 0.0782. The minimum Gasteiger partial charge on any atom is -0.508 e. The average molecular weight is 626 g/mol. The highest BCUT2D eigenvalue weighted by molar-refractivity contribution is 6.00. The number of aryl methyl sites for hydroxylation is 1. The van der Waals surface area contributed by atoms with Gasteiger partial charge in [-0.05, 0) is 94.3 Å². The van der Waals surface area contributed by atoms with Crippen LogP contribution in [0.2, 0.25) is 0 Å². The Labute approximate surface area is 273 Å². The molecule has 3 amide bonds. The quantitative estimate of drug-likeness (QED) is 0.185. The number of hydrogen-bond acceptors (Lipinski definition) is 5. The van der Waals surface area contributed by atoms with E-state index in [-0.39, 0.29) is 12.2 Å². The Kier molecular flexibility index (Phi) is 12.4. The molecular weight excluding hydrogens is 578 g/mol. The van der Waals surface area contributed by atoms with Crippen molar-refractivity contribution in [1.29, 1.82) is 0 Å². The van der Waals surface area contributed by atoms with E-state index in [4.69, 9.17) is 11.2 Å². The predicted octanol–water partition coefficient (Wildman–Crippen LogP) is 7.15. The number of nitrogens with one attached hydrogen (secondary N) is 2. The van der Waals surface area contributed by atoms with E-state index in [0.717, 1.165) is 12.0 Å². The van der Waals surface area contributed by atoms with Gasteiger partial charge in [-0.25, -0.2) is 4.79 Å². The van der Waals surface area contributed by atoms with Crippen LogP contribution in [0.4, 0.5) is 10.5 Å². The van der Waals surface area contributed by atoms with Crippen LogP contribution in [-0.4, -0.2) is 45.6 Å². The third kappa shape index (κ3) is 10.1. The van der Waals surface area contributed by atoms with Gasteiger partial charge in [-0.15, -0.1) is 6.42 Å². The van der Waals surface area contributed by atoms with E-state index in [1.165, 1.54) is 12.1 Å². The highest BCUT2D eigenvalue weighted by atomic mass is 16.6. The zero-order valence-corrected chi connectivity index (χ0v) is 28.0. The van der Waals surface area contributed by atoms with E-state index in [9.17, 15) is 19.5 Å². The molecule has 0 fully saturated rings. The largest absolute Gasteiger partial charge is 0.508 e. The van der Waals surface area contributed by atoms with Gasteiger partial charge in [-0.1, -0.05) is 68.3 Å². The molecule has 0 aromatic heterocycles. The smallest absolute Gasteiger partial charge is 0.408 e. The molecule has 0 spiro atoms. The summed E-state index contributed by atoms with van der Waals surface area (Å²) in [5.74, 6) is 2.23. The number of nitrogens with zero attached hydrogens (tertiary/aromatic N) is 1. The van der Waals surface area contributed by atoms with Gasteiger partial charge in [-0.2, -0.15) is 0 Å². The summed E-state index contributed by atoms with van der Waals surface area (Å²) in [5.41, 5.74) is 2.36. The zero-order chi connectivity index (χ0) is 34.0. The van der Waals surface area contributed by atoms with Crippen LogP contribution in [-0.2, 0) is 20.7 Å². The molecule has 0 aliphatic heterocycles. The fourth-order valence-corrected chi connectivity index (χ4v) is 5.21. The standard InChI is InChI=1S/C38H47N3O5/c1-9-29-15-11-12-16-31(29)34(35(43)39-32-17-13-10-14-26(32)4)41(27(5)19-18-25(2)3)36(44)33(40-37(45)46-38(6,7)8)24-28-20-22-30(42)23-21-28/h1,10-17,20-23,25,27,33-34,42H,18-19,24H2,2-8H3,(H,39,43)(H,40,45). The molecule has 0 aliphatic rings. The molecule has 46 heavy (non-hydrogen) atoms. The van der Waals surface area contributed by atoms with Crippen LogP contribution in [0.5, 0.6) is 5.75 Å². The van der Waals surface area contributed by atoms with Crippen molar-refractivity contribution in [1.82, 2.24) is 10.2 Å². The van der Waals surface area contributed by atoms with Gasteiger partial charge in [0.2, 0.25) is 5.91 Å². The van der Waals surface area contributed by atoms with Crippen molar-refractivity contribution in [2.45, 2.75) is 91.5 Å². The first-order valence-corrected chi connectivity index (χ1v) is 15.7. The molecule has 3 aromatic rings. The third-order valence-electron chi connectivity index (χ3n) is 7.60. The van der Waals surface area contributed by atoms with Gasteiger partial charge in [0.15, 0.2) is 0 Å². The second-order valence-electron chi connectivity index (χ2n) is 13.1. The van der Waals surface area contributed by atoms with Gasteiger partial charge >= 0.3 is 6.09 Å². The number of rotatable bonds is 12. The number of alkyl carbamates (subject to hydrolysis) is 1. The zero-order valence-electron chi connectivity index (χ0n) is 28.0. The second-order valence-corrected chi connectivity index (χ2v) is 13.1. The summed E-state index contributed by atoms with van der Waals surface area (Å²) < 4.78 is 5.55. The van der Waals surface area contributed by atoms with E-state index in [1.807, 2.05) is 38.1 Å². The topological polar surface area (TPSA) is 108 Å². The van der Waals surface area contributed by atoms with Crippen molar-refractivity contribution in [2.75, 3.05) is 5.32 Å². The van der Waals surface area contributed by atoms with E-state index in [0.29, 0.717) is 34.7 Å². The van der Waals surface area contributed by atoms with Gasteiger partial charge < -0.3 is 25.4 Å². The van der Waals surface area contributed by atoms with Crippen LogP contribution < -0.4 is 10.6 Å². The average Bonchev–Trinajstić information content (AvgIpc) is 2.99. The number of hydrogen-bond donors (Lipinski definition) is 3. The Balaban J connectivity index is 2.19. The van der Waals surface area contributed by atoms with E-state index in [1.54, 1.807) is 62.1 Å². The normalized spacial score (nSPS) is 13.2. The number of phenolic OH excluding ortho intramolecular Hbond substituents is 1. The van der Waals surface area contributed by atoms with Crippen LogP contribution in [0.15, 0.2) is 72.8 Å². The number of benzene rings is 3. The molecule has 3 unspecified atom stereocenters. The van der Waals surface area contributed by atoms with Crippen LogP contribution in [0, 0.1) is 25.2 Å². The summed E-state index contributed by atoms with van der Waals surface area (Å²) in [6.07, 6.45) is 6.67. The van der Waals surface area contributed by atoms with Crippen molar-refractivity contribution < 1.29 is 24.2 Å². The van der Waals surface area contributed by atoms with Crippen molar-refractivity contribution in [3.63, 3.8) is 0 Å². The molecule has 244 valence electrons. The molecule has 8 nitrogen and oxygen atoms in total. The Hall–Kier alpha value is -4.77. The van der Waals surface area contributed by atoms with Gasteiger partial charge in [0.1, 0.15) is 23.4 Å². The molecule has 0 aliphatic carbocycles. The number of carbonyl (C=O) groups excluding carboxylic acids is 3. The molecule has 8 heteroatoms. The summed E-state index contributed by atoms with van der Waals surface area (Å²) in [7, 11) is 0. The monoisotopic (exact) mass is 625 g/mol. The molecule has 0 bridgehead atoms. The lowest BCUT2D eigenvalue weighted by atomic mass is 9.93. The molecule has 3 aromatic carbocycles. The Morgan fingerprint density at radius 1 is 0.935 bits per heavy atom. The lowest BCUT2D eigenvalue weighted by Gasteiger charge is -2.39. The lowest BCUT2D eigenvalue weighted by molar-refractivity contribution is -0.143. The highest BCUT2D eigenvalue weighted by Gasteiger charge is 2.40. The molecule has 0 saturated heterocycles. The molecule has 3 rings (SSSR count). The summed E-state index contributed by atoms with van der Waals surface area (Å²) in [5, 5.41) is 15.7. The van der Waals surface area contributed by atoms with Gasteiger partial charge in [0.05, 0.1) is 0 Å². The first-order chi connectivity index (χ1) is 21.7. The van der Waals surface area contributed by atoms with Gasteiger partial charge in [0.25, 0.3) is 5.91 Å². The number of aromatic hydroxyl groups is 1. The lowest BCUT2D eigenvalue weighted by Crippen LogP contribution is -2.55. The molecule has 0 radical (unpaired) electrons.